The van der Waals surface area contributed by atoms with Crippen molar-refractivity contribution in [1.82, 2.24) is 24.9 Å². The minimum atomic E-state index is -0.154. The number of aryl methyl sites for hydroxylation is 3. The molecule has 3 rings (SSSR count). The summed E-state index contributed by atoms with van der Waals surface area (Å²) in [6, 6.07) is 2.09. The molecule has 1 N–H and O–H groups in total. The fourth-order valence-electron chi connectivity index (χ4n) is 3.88. The van der Waals surface area contributed by atoms with Gasteiger partial charge in [-0.05, 0) is 46.6 Å². The summed E-state index contributed by atoms with van der Waals surface area (Å²) < 4.78 is 1.86. The molecule has 1 amide bonds. The van der Waals surface area contributed by atoms with E-state index < -0.39 is 0 Å². The number of aromatic amines is 1. The van der Waals surface area contributed by atoms with Crippen LogP contribution in [0, 0.1) is 20.8 Å². The molecule has 1 aliphatic heterocycles. The second kappa shape index (κ2) is 6.42. The second-order valence-electron chi connectivity index (χ2n) is 7.03. The largest absolute Gasteiger partial charge is 0.342 e. The molecule has 0 unspecified atom stereocenters. The highest BCUT2D eigenvalue weighted by Gasteiger charge is 2.31. The Morgan fingerprint density at radius 2 is 2.12 bits per heavy atom. The van der Waals surface area contributed by atoms with Gasteiger partial charge < -0.3 is 4.90 Å². The Labute approximate surface area is 143 Å². The van der Waals surface area contributed by atoms with Crippen molar-refractivity contribution < 1.29 is 4.79 Å². The molecule has 3 heterocycles. The van der Waals surface area contributed by atoms with E-state index in [0.717, 1.165) is 54.3 Å². The zero-order valence-corrected chi connectivity index (χ0v) is 15.3. The first kappa shape index (κ1) is 16.7. The lowest BCUT2D eigenvalue weighted by Gasteiger charge is -2.33. The van der Waals surface area contributed by atoms with E-state index in [0.29, 0.717) is 5.92 Å². The number of likely N-dealkylation sites (tertiary alicyclic amines) is 1. The number of aromatic nitrogens is 4. The van der Waals surface area contributed by atoms with Gasteiger partial charge in [0.1, 0.15) is 0 Å². The third-order valence-corrected chi connectivity index (χ3v) is 5.25. The normalized spacial score (nSPS) is 19.5. The fraction of sp³-hybridized carbons (Fsp3) is 0.611. The van der Waals surface area contributed by atoms with Crippen LogP contribution in [0.3, 0.4) is 0 Å². The van der Waals surface area contributed by atoms with Crippen LogP contribution in [0.25, 0.3) is 0 Å². The number of piperidine rings is 1. The lowest BCUT2D eigenvalue weighted by atomic mass is 9.92. The van der Waals surface area contributed by atoms with E-state index in [1.807, 2.05) is 44.3 Å². The maximum atomic E-state index is 13.1. The summed E-state index contributed by atoms with van der Waals surface area (Å²) >= 11 is 0. The van der Waals surface area contributed by atoms with E-state index in [2.05, 4.69) is 21.4 Å². The van der Waals surface area contributed by atoms with Gasteiger partial charge in [-0.15, -0.1) is 0 Å². The Hall–Kier alpha value is -2.11. The second-order valence-corrected chi connectivity index (χ2v) is 7.03. The third-order valence-electron chi connectivity index (χ3n) is 5.25. The van der Waals surface area contributed by atoms with Crippen LogP contribution < -0.4 is 0 Å². The summed E-state index contributed by atoms with van der Waals surface area (Å²) in [6.07, 6.45) is 2.12. The van der Waals surface area contributed by atoms with Gasteiger partial charge in [-0.3, -0.25) is 14.6 Å². The molecule has 2 aromatic rings. The number of amides is 1. The quantitative estimate of drug-likeness (QED) is 0.941. The Bertz CT molecular complexity index is 745. The molecular formula is C18H27N5O. The molecule has 0 spiro atoms. The van der Waals surface area contributed by atoms with Crippen LogP contribution in [0.2, 0.25) is 0 Å². The van der Waals surface area contributed by atoms with Crippen molar-refractivity contribution in [2.75, 3.05) is 13.1 Å². The van der Waals surface area contributed by atoms with Crippen molar-refractivity contribution >= 4 is 5.91 Å². The van der Waals surface area contributed by atoms with Crippen molar-refractivity contribution in [1.29, 1.82) is 0 Å². The molecule has 0 aliphatic carbocycles. The van der Waals surface area contributed by atoms with Gasteiger partial charge in [0.15, 0.2) is 0 Å². The zero-order chi connectivity index (χ0) is 17.4. The number of rotatable bonds is 3. The van der Waals surface area contributed by atoms with Gasteiger partial charge in [0.25, 0.3) is 0 Å². The summed E-state index contributed by atoms with van der Waals surface area (Å²) in [7, 11) is 1.93. The number of hydrogen-bond acceptors (Lipinski definition) is 3. The maximum absolute atomic E-state index is 13.1. The molecule has 2 atom stereocenters. The molecule has 0 bridgehead atoms. The monoisotopic (exact) mass is 329 g/mol. The van der Waals surface area contributed by atoms with Gasteiger partial charge in [-0.2, -0.15) is 10.2 Å². The van der Waals surface area contributed by atoms with E-state index >= 15 is 0 Å². The third kappa shape index (κ3) is 2.97. The minimum absolute atomic E-state index is 0.154. The molecule has 1 aliphatic rings. The van der Waals surface area contributed by atoms with Crippen LogP contribution in [0.1, 0.15) is 59.9 Å². The summed E-state index contributed by atoms with van der Waals surface area (Å²) in [5, 5.41) is 11.9. The Balaban J connectivity index is 1.76. The fourth-order valence-corrected chi connectivity index (χ4v) is 3.88. The highest BCUT2D eigenvalue weighted by Crippen LogP contribution is 2.30. The van der Waals surface area contributed by atoms with Crippen LogP contribution in [0.4, 0.5) is 0 Å². The van der Waals surface area contributed by atoms with Gasteiger partial charge >= 0.3 is 0 Å². The van der Waals surface area contributed by atoms with Gasteiger partial charge in [0.2, 0.25) is 5.91 Å². The summed E-state index contributed by atoms with van der Waals surface area (Å²) in [6.45, 7) is 9.62. The first-order valence-corrected chi connectivity index (χ1v) is 8.69. The summed E-state index contributed by atoms with van der Waals surface area (Å²) in [4.78, 5) is 15.1. The average molecular weight is 329 g/mol. The topological polar surface area (TPSA) is 66.8 Å². The van der Waals surface area contributed by atoms with Gasteiger partial charge in [0.05, 0.1) is 17.3 Å². The first-order valence-electron chi connectivity index (χ1n) is 8.69. The summed E-state index contributed by atoms with van der Waals surface area (Å²) in [5.74, 6) is 0.375. The molecule has 24 heavy (non-hydrogen) atoms. The molecular weight excluding hydrogens is 302 g/mol. The molecule has 0 radical (unpaired) electrons. The van der Waals surface area contributed by atoms with Crippen LogP contribution in [0.5, 0.6) is 0 Å². The van der Waals surface area contributed by atoms with E-state index in [9.17, 15) is 4.79 Å². The van der Waals surface area contributed by atoms with E-state index in [-0.39, 0.29) is 11.8 Å². The molecule has 6 heteroatoms. The number of hydrogen-bond donors (Lipinski definition) is 1. The number of carbonyl (C=O) groups excluding carboxylic acids is 1. The van der Waals surface area contributed by atoms with Gasteiger partial charge in [-0.1, -0.05) is 0 Å². The van der Waals surface area contributed by atoms with Crippen molar-refractivity contribution in [2.24, 2.45) is 7.05 Å². The van der Waals surface area contributed by atoms with E-state index in [1.165, 1.54) is 0 Å². The number of nitrogens with zero attached hydrogens (tertiary/aromatic N) is 4. The van der Waals surface area contributed by atoms with Gasteiger partial charge in [0, 0.05) is 43.0 Å². The van der Waals surface area contributed by atoms with E-state index in [1.54, 1.807) is 0 Å². The van der Waals surface area contributed by atoms with Crippen LogP contribution in [-0.4, -0.2) is 43.9 Å². The molecule has 0 aromatic carbocycles. The van der Waals surface area contributed by atoms with Crippen LogP contribution >= 0.6 is 0 Å². The molecule has 2 aromatic heterocycles. The summed E-state index contributed by atoms with van der Waals surface area (Å²) in [5.41, 5.74) is 5.24. The van der Waals surface area contributed by atoms with Crippen molar-refractivity contribution in [2.45, 2.75) is 52.4 Å². The highest BCUT2D eigenvalue weighted by atomic mass is 16.2. The number of nitrogens with one attached hydrogen (secondary N) is 1. The van der Waals surface area contributed by atoms with Gasteiger partial charge in [-0.25, -0.2) is 0 Å². The minimum Gasteiger partial charge on any atom is -0.342 e. The van der Waals surface area contributed by atoms with Crippen molar-refractivity contribution in [3.05, 3.63) is 34.4 Å². The van der Waals surface area contributed by atoms with E-state index in [4.69, 9.17) is 0 Å². The van der Waals surface area contributed by atoms with Crippen molar-refractivity contribution in [3.8, 4) is 0 Å². The molecule has 1 fully saturated rings. The molecule has 1 saturated heterocycles. The predicted octanol–water partition coefficient (Wildman–Crippen LogP) is 2.58. The lowest BCUT2D eigenvalue weighted by Crippen LogP contribution is -2.41. The SMILES string of the molecule is Cc1cc([C@@H]2CCCN(C(=O)[C@H](C)c3c(C)nn(C)c3C)C2)n[nH]1. The van der Waals surface area contributed by atoms with Crippen LogP contribution in [0.15, 0.2) is 6.07 Å². The zero-order valence-electron chi connectivity index (χ0n) is 15.3. The standard InChI is InChI=1S/C18H27N5O/c1-11-9-16(20-19-11)15-7-6-8-23(10-15)18(24)12(2)17-13(3)21-22(5)14(17)4/h9,12,15H,6-8,10H2,1-5H3,(H,19,20)/t12-,15-/m1/s1. The lowest BCUT2D eigenvalue weighted by molar-refractivity contribution is -0.133. The average Bonchev–Trinajstić information content (AvgIpc) is 3.10. The first-order chi connectivity index (χ1) is 11.4. The number of carbonyl (C=O) groups is 1. The Morgan fingerprint density at radius 1 is 1.38 bits per heavy atom. The highest BCUT2D eigenvalue weighted by molar-refractivity contribution is 5.84. The van der Waals surface area contributed by atoms with Crippen molar-refractivity contribution in [3.63, 3.8) is 0 Å². The maximum Gasteiger partial charge on any atom is 0.229 e. The van der Waals surface area contributed by atoms with Crippen LogP contribution in [-0.2, 0) is 11.8 Å². The predicted molar refractivity (Wildman–Crippen MR) is 93.0 cm³/mol. The molecule has 0 saturated carbocycles. The Morgan fingerprint density at radius 3 is 2.71 bits per heavy atom. The molecule has 6 nitrogen and oxygen atoms in total. The number of H-pyrrole nitrogens is 1. The molecule has 130 valence electrons. The Kier molecular flexibility index (Phi) is 4.47. The smallest absolute Gasteiger partial charge is 0.229 e.